The zero-order valence-electron chi connectivity index (χ0n) is 19.0. The Morgan fingerprint density at radius 2 is 1.71 bits per heavy atom. The number of likely N-dealkylation sites (N-methyl/N-ethyl adjacent to an activating group) is 1. The maximum Gasteiger partial charge on any atom is 0.348 e. The second-order valence-electron chi connectivity index (χ2n) is 8.11. The third-order valence-electron chi connectivity index (χ3n) is 5.94. The van der Waals surface area contributed by atoms with Crippen molar-refractivity contribution in [1.82, 2.24) is 14.9 Å². The first kappa shape index (κ1) is 22.9. The lowest BCUT2D eigenvalue weighted by atomic mass is 9.76. The van der Waals surface area contributed by atoms with E-state index in [2.05, 4.69) is 9.97 Å². The van der Waals surface area contributed by atoms with Gasteiger partial charge in [-0.25, -0.2) is 14.8 Å². The maximum absolute atomic E-state index is 13.0. The Kier molecular flexibility index (Phi) is 6.02. The number of carboxylic acid groups (broad SMARTS) is 1. The zero-order valence-corrected chi connectivity index (χ0v) is 19.0. The highest BCUT2D eigenvalue weighted by Crippen LogP contribution is 2.45. The molecular weight excluding hydrogens is 436 g/mol. The molecule has 1 aliphatic heterocycles. The van der Waals surface area contributed by atoms with E-state index in [0.717, 1.165) is 0 Å². The first-order valence-corrected chi connectivity index (χ1v) is 10.6. The van der Waals surface area contributed by atoms with Gasteiger partial charge < -0.3 is 19.6 Å². The van der Waals surface area contributed by atoms with E-state index < -0.39 is 17.6 Å². The number of carbonyl (C=O) groups excluding carboxylic acids is 2. The number of aromatic nitrogens is 2. The van der Waals surface area contributed by atoms with Crippen molar-refractivity contribution in [3.05, 3.63) is 83.2 Å². The fourth-order valence-corrected chi connectivity index (χ4v) is 4.50. The molecule has 4 rings (SSSR count). The standard InChI is InChI=1S/C25H24N4O5/c1-16-13-17(2)27-24(26-16)34-22(23(32)33)25(18-9-5-4-6-10-18)19-11-7-8-12-20(19)28(3)21(31)14-29(25)15-30/h4-13,15,22H,14H2,1-3H3,(H,32,33)/t22-,25+/m1/s1. The molecule has 0 radical (unpaired) electrons. The molecule has 2 atom stereocenters. The van der Waals surface area contributed by atoms with E-state index in [4.69, 9.17) is 4.74 Å². The molecule has 9 nitrogen and oxygen atoms in total. The van der Waals surface area contributed by atoms with Gasteiger partial charge in [0.25, 0.3) is 0 Å². The Hall–Kier alpha value is -4.27. The van der Waals surface area contributed by atoms with Crippen molar-refractivity contribution < 1.29 is 24.2 Å². The number of anilines is 1. The molecule has 0 saturated heterocycles. The summed E-state index contributed by atoms with van der Waals surface area (Å²) in [5, 5.41) is 10.5. The Morgan fingerprint density at radius 3 is 2.32 bits per heavy atom. The SMILES string of the molecule is Cc1cc(C)nc(O[C@H](C(=O)O)[C@]2(c3ccccc3)c3ccccc3N(C)C(=O)CN2C=O)n1. The van der Waals surface area contributed by atoms with Crippen LogP contribution in [-0.4, -0.2) is 58.0 Å². The number of ether oxygens (including phenoxy) is 1. The minimum absolute atomic E-state index is 0.132. The van der Waals surface area contributed by atoms with Crippen LogP contribution in [0.3, 0.4) is 0 Å². The van der Waals surface area contributed by atoms with Gasteiger partial charge in [-0.15, -0.1) is 0 Å². The van der Waals surface area contributed by atoms with Gasteiger partial charge in [0.15, 0.2) is 0 Å². The normalized spacial score (nSPS) is 18.6. The molecule has 174 valence electrons. The van der Waals surface area contributed by atoms with Crippen LogP contribution in [0, 0.1) is 13.8 Å². The monoisotopic (exact) mass is 460 g/mol. The molecule has 2 heterocycles. The number of rotatable bonds is 6. The molecule has 0 spiro atoms. The largest absolute Gasteiger partial charge is 0.478 e. The van der Waals surface area contributed by atoms with Gasteiger partial charge in [-0.1, -0.05) is 48.5 Å². The molecule has 0 aliphatic carbocycles. The molecule has 0 unspecified atom stereocenters. The molecule has 9 heteroatoms. The summed E-state index contributed by atoms with van der Waals surface area (Å²) in [6.07, 6.45) is -1.19. The van der Waals surface area contributed by atoms with E-state index >= 15 is 0 Å². The lowest BCUT2D eigenvalue weighted by molar-refractivity contribution is -0.155. The van der Waals surface area contributed by atoms with Crippen LogP contribution in [0.25, 0.3) is 0 Å². The molecule has 1 aliphatic rings. The minimum atomic E-state index is -1.70. The number of hydrogen-bond acceptors (Lipinski definition) is 6. The van der Waals surface area contributed by atoms with Crippen molar-refractivity contribution >= 4 is 24.0 Å². The molecule has 1 N–H and O–H groups in total. The van der Waals surface area contributed by atoms with Crippen LogP contribution in [-0.2, 0) is 19.9 Å². The average molecular weight is 460 g/mol. The van der Waals surface area contributed by atoms with Crippen LogP contribution < -0.4 is 9.64 Å². The number of benzene rings is 2. The quantitative estimate of drug-likeness (QED) is 0.562. The molecular formula is C25H24N4O5. The number of fused-ring (bicyclic) bond motifs is 1. The van der Waals surface area contributed by atoms with Gasteiger partial charge in [-0.3, -0.25) is 9.59 Å². The van der Waals surface area contributed by atoms with Crippen molar-refractivity contribution in [1.29, 1.82) is 0 Å². The van der Waals surface area contributed by atoms with E-state index in [1.54, 1.807) is 81.6 Å². The Bertz CT molecular complexity index is 1230. The number of hydrogen-bond donors (Lipinski definition) is 1. The van der Waals surface area contributed by atoms with Gasteiger partial charge in [-0.2, -0.15) is 0 Å². The second kappa shape index (κ2) is 8.93. The van der Waals surface area contributed by atoms with Crippen molar-refractivity contribution in [3.8, 4) is 6.01 Å². The van der Waals surface area contributed by atoms with Crippen molar-refractivity contribution in [2.75, 3.05) is 18.5 Å². The van der Waals surface area contributed by atoms with Gasteiger partial charge in [-0.05, 0) is 31.5 Å². The molecule has 2 aromatic carbocycles. The highest BCUT2D eigenvalue weighted by atomic mass is 16.5. The third-order valence-corrected chi connectivity index (χ3v) is 5.94. The molecule has 3 aromatic rings. The topological polar surface area (TPSA) is 113 Å². The van der Waals surface area contributed by atoms with E-state index in [1.165, 1.54) is 9.80 Å². The van der Waals surface area contributed by atoms with Gasteiger partial charge in [0, 0.05) is 29.7 Å². The zero-order chi connectivity index (χ0) is 24.5. The van der Waals surface area contributed by atoms with Gasteiger partial charge in [0.2, 0.25) is 18.4 Å². The lowest BCUT2D eigenvalue weighted by Gasteiger charge is -2.44. The summed E-state index contributed by atoms with van der Waals surface area (Å²) in [7, 11) is 1.59. The van der Waals surface area contributed by atoms with Crippen LogP contribution >= 0.6 is 0 Å². The van der Waals surface area contributed by atoms with Crippen LogP contribution in [0.15, 0.2) is 60.7 Å². The summed E-state index contributed by atoms with van der Waals surface area (Å²) in [4.78, 5) is 49.5. The Morgan fingerprint density at radius 1 is 1.09 bits per heavy atom. The van der Waals surface area contributed by atoms with Crippen molar-refractivity contribution in [2.45, 2.75) is 25.5 Å². The van der Waals surface area contributed by atoms with E-state index in [9.17, 15) is 19.5 Å². The number of carboxylic acids is 1. The summed E-state index contributed by atoms with van der Waals surface area (Å²) >= 11 is 0. The number of nitrogens with zero attached hydrogens (tertiary/aromatic N) is 4. The first-order chi connectivity index (χ1) is 16.3. The highest BCUT2D eigenvalue weighted by molar-refractivity contribution is 5.98. The minimum Gasteiger partial charge on any atom is -0.478 e. The molecule has 0 fully saturated rings. The van der Waals surface area contributed by atoms with Crippen LogP contribution in [0.5, 0.6) is 6.01 Å². The van der Waals surface area contributed by atoms with Crippen molar-refractivity contribution in [3.63, 3.8) is 0 Å². The van der Waals surface area contributed by atoms with Gasteiger partial charge in [0.05, 0.1) is 0 Å². The number of para-hydroxylation sites is 1. The van der Waals surface area contributed by atoms with Crippen molar-refractivity contribution in [2.24, 2.45) is 0 Å². The second-order valence-corrected chi connectivity index (χ2v) is 8.11. The Balaban J connectivity index is 2.08. The lowest BCUT2D eigenvalue weighted by Crippen LogP contribution is -2.60. The van der Waals surface area contributed by atoms with Crippen LogP contribution in [0.4, 0.5) is 5.69 Å². The fourth-order valence-electron chi connectivity index (χ4n) is 4.50. The fraction of sp³-hybridized carbons (Fsp3) is 0.240. The van der Waals surface area contributed by atoms with E-state index in [0.29, 0.717) is 34.6 Å². The predicted molar refractivity (Wildman–Crippen MR) is 123 cm³/mol. The first-order valence-electron chi connectivity index (χ1n) is 10.6. The Labute approximate surface area is 196 Å². The number of carbonyl (C=O) groups is 3. The van der Waals surface area contributed by atoms with Crippen LogP contribution in [0.1, 0.15) is 22.5 Å². The van der Waals surface area contributed by atoms with Gasteiger partial charge in [0.1, 0.15) is 12.1 Å². The molecule has 1 aromatic heterocycles. The highest BCUT2D eigenvalue weighted by Gasteiger charge is 2.56. The predicted octanol–water partition coefficient (Wildman–Crippen LogP) is 2.30. The molecule has 34 heavy (non-hydrogen) atoms. The third kappa shape index (κ3) is 3.75. The number of aryl methyl sites for hydroxylation is 2. The summed E-state index contributed by atoms with van der Waals surface area (Å²) in [6.45, 7) is 3.14. The summed E-state index contributed by atoms with van der Waals surface area (Å²) < 4.78 is 6.00. The molecule has 0 bridgehead atoms. The van der Waals surface area contributed by atoms with E-state index in [1.807, 2.05) is 0 Å². The average Bonchev–Trinajstić information content (AvgIpc) is 2.91. The van der Waals surface area contributed by atoms with Gasteiger partial charge >= 0.3 is 12.0 Å². The molecule has 0 saturated carbocycles. The summed E-state index contributed by atoms with van der Waals surface area (Å²) in [6, 6.07) is 17.2. The summed E-state index contributed by atoms with van der Waals surface area (Å²) in [5.74, 6) is -1.71. The molecule has 2 amide bonds. The number of amides is 2. The van der Waals surface area contributed by atoms with E-state index in [-0.39, 0.29) is 18.5 Å². The van der Waals surface area contributed by atoms with Crippen LogP contribution in [0.2, 0.25) is 0 Å². The maximum atomic E-state index is 13.0. The summed E-state index contributed by atoms with van der Waals surface area (Å²) in [5.41, 5.74) is 0.866. The number of aliphatic carboxylic acids is 1. The smallest absolute Gasteiger partial charge is 0.348 e.